The molecule has 0 aliphatic carbocycles. The van der Waals surface area contributed by atoms with Gasteiger partial charge in [0.15, 0.2) is 0 Å². The summed E-state index contributed by atoms with van der Waals surface area (Å²) in [7, 11) is 0. The van der Waals surface area contributed by atoms with Gasteiger partial charge < -0.3 is 20.1 Å². The Hall–Kier alpha value is -3.35. The van der Waals surface area contributed by atoms with Crippen LogP contribution in [-0.2, 0) is 20.7 Å². The predicted octanol–water partition coefficient (Wildman–Crippen LogP) is 5.63. The average Bonchev–Trinajstić information content (AvgIpc) is 2.86. The lowest BCUT2D eigenvalue weighted by atomic mass is 9.97. The molecule has 202 valence electrons. The van der Waals surface area contributed by atoms with Crippen LogP contribution in [0.3, 0.4) is 0 Å². The first-order valence-corrected chi connectivity index (χ1v) is 13.2. The summed E-state index contributed by atoms with van der Waals surface area (Å²) in [6.07, 6.45) is 1.59. The first-order chi connectivity index (χ1) is 17.6. The summed E-state index contributed by atoms with van der Waals surface area (Å²) in [5.74, 6) is -1.33. The zero-order chi connectivity index (χ0) is 27.4. The van der Waals surface area contributed by atoms with Crippen molar-refractivity contribution in [2.75, 3.05) is 19.7 Å². The second-order valence-corrected chi connectivity index (χ2v) is 10.3. The number of nitrogens with one attached hydrogen (secondary N) is 1. The highest BCUT2D eigenvalue weighted by atomic mass is 16.5. The van der Waals surface area contributed by atoms with Crippen LogP contribution >= 0.6 is 0 Å². The minimum Gasteiger partial charge on any atom is -0.480 e. The van der Waals surface area contributed by atoms with Crippen LogP contribution in [0, 0.1) is 17.8 Å². The predicted molar refractivity (Wildman–Crippen MR) is 146 cm³/mol. The van der Waals surface area contributed by atoms with E-state index >= 15 is 0 Å². The van der Waals surface area contributed by atoms with Crippen LogP contribution in [0.5, 0.6) is 0 Å². The number of hydrogen-bond acceptors (Lipinski definition) is 4. The molecule has 7 heteroatoms. The minimum absolute atomic E-state index is 0.146. The monoisotopic (exact) mass is 510 g/mol. The van der Waals surface area contributed by atoms with Gasteiger partial charge in [-0.1, -0.05) is 88.7 Å². The fourth-order valence-electron chi connectivity index (χ4n) is 4.17. The van der Waals surface area contributed by atoms with Gasteiger partial charge in [-0.05, 0) is 41.9 Å². The van der Waals surface area contributed by atoms with Crippen LogP contribution in [0.2, 0.25) is 0 Å². The lowest BCUT2D eigenvalue weighted by Gasteiger charge is -2.30. The quantitative estimate of drug-likeness (QED) is 0.321. The van der Waals surface area contributed by atoms with Crippen LogP contribution in [0.25, 0.3) is 11.1 Å². The van der Waals surface area contributed by atoms with E-state index in [0.717, 1.165) is 23.1 Å². The van der Waals surface area contributed by atoms with Crippen LogP contribution < -0.4 is 5.32 Å². The van der Waals surface area contributed by atoms with Crippen LogP contribution in [0.15, 0.2) is 54.6 Å². The summed E-state index contributed by atoms with van der Waals surface area (Å²) in [5.41, 5.74) is 2.92. The molecule has 2 N–H and O–H groups in total. The number of benzene rings is 2. The highest BCUT2D eigenvalue weighted by Crippen LogP contribution is 2.20. The van der Waals surface area contributed by atoms with Gasteiger partial charge >= 0.3 is 18.0 Å². The third kappa shape index (κ3) is 10.3. The molecular formula is C30H42N2O5. The molecule has 2 aromatic rings. The van der Waals surface area contributed by atoms with Crippen LogP contribution in [0.1, 0.15) is 53.0 Å². The average molecular weight is 511 g/mol. The number of esters is 1. The van der Waals surface area contributed by atoms with E-state index < -0.39 is 24.0 Å². The van der Waals surface area contributed by atoms with Gasteiger partial charge in [-0.2, -0.15) is 0 Å². The normalized spacial score (nSPS) is 12.7. The van der Waals surface area contributed by atoms with Crippen molar-refractivity contribution in [3.05, 3.63) is 60.2 Å². The summed E-state index contributed by atoms with van der Waals surface area (Å²) in [4.78, 5) is 39.5. The molecule has 0 fully saturated rings. The topological polar surface area (TPSA) is 95.9 Å². The van der Waals surface area contributed by atoms with Crippen molar-refractivity contribution in [2.45, 2.75) is 59.9 Å². The Bertz CT molecular complexity index is 989. The molecule has 2 atom stereocenters. The molecule has 0 saturated heterocycles. The van der Waals surface area contributed by atoms with E-state index in [-0.39, 0.29) is 31.5 Å². The number of urea groups is 1. The van der Waals surface area contributed by atoms with E-state index in [1.165, 1.54) is 0 Å². The second kappa shape index (κ2) is 15.0. The fraction of sp³-hybridized carbons (Fsp3) is 0.500. The second-order valence-electron chi connectivity index (χ2n) is 10.3. The number of amides is 2. The fourth-order valence-corrected chi connectivity index (χ4v) is 4.17. The maximum absolute atomic E-state index is 13.3. The van der Waals surface area contributed by atoms with Crippen molar-refractivity contribution in [1.82, 2.24) is 10.2 Å². The molecule has 0 spiro atoms. The Labute approximate surface area is 221 Å². The molecule has 0 aromatic heterocycles. The van der Waals surface area contributed by atoms with Gasteiger partial charge in [-0.15, -0.1) is 0 Å². The standard InChI is InChI=1S/C30H42N2O5/c1-6-37-29(35)26(15-12-21(2)3)20-32(19-22(4)5)30(36)31-27(28(33)34)18-23-13-16-25(17-14-23)24-10-8-7-9-11-24/h7-11,13-14,16-17,21-22,26-27H,6,12,15,18-20H2,1-5H3,(H,31,36)(H,33,34)/t26-,27-/m0/s1. The Kier molecular flexibility index (Phi) is 12.1. The number of carboxylic acids is 1. The molecule has 0 aliphatic rings. The molecule has 2 rings (SSSR count). The number of carbonyl (C=O) groups is 3. The Morgan fingerprint density at radius 1 is 0.865 bits per heavy atom. The molecule has 2 aromatic carbocycles. The van der Waals surface area contributed by atoms with E-state index in [1.54, 1.807) is 11.8 Å². The Morgan fingerprint density at radius 2 is 1.49 bits per heavy atom. The molecular weight excluding hydrogens is 468 g/mol. The number of hydrogen-bond donors (Lipinski definition) is 2. The molecule has 2 amide bonds. The Morgan fingerprint density at radius 3 is 2.03 bits per heavy atom. The van der Waals surface area contributed by atoms with Gasteiger partial charge in [0.2, 0.25) is 0 Å². The summed E-state index contributed by atoms with van der Waals surface area (Å²) < 4.78 is 5.27. The van der Waals surface area contributed by atoms with Gasteiger partial charge in [0.25, 0.3) is 0 Å². The zero-order valence-corrected chi connectivity index (χ0v) is 22.8. The molecule has 0 bridgehead atoms. The van der Waals surface area contributed by atoms with Crippen LogP contribution in [-0.4, -0.2) is 53.7 Å². The van der Waals surface area contributed by atoms with Gasteiger partial charge in [-0.3, -0.25) is 4.79 Å². The number of nitrogens with zero attached hydrogens (tertiary/aromatic N) is 1. The van der Waals surface area contributed by atoms with E-state index in [2.05, 4.69) is 19.2 Å². The molecule has 0 radical (unpaired) electrons. The first-order valence-electron chi connectivity index (χ1n) is 13.2. The molecule has 37 heavy (non-hydrogen) atoms. The summed E-state index contributed by atoms with van der Waals surface area (Å²) in [6, 6.07) is 16.0. The third-order valence-corrected chi connectivity index (χ3v) is 6.12. The first kappa shape index (κ1) is 29.9. The number of carboxylic acid groups (broad SMARTS) is 1. The number of ether oxygens (including phenoxy) is 1. The van der Waals surface area contributed by atoms with Crippen molar-refractivity contribution in [2.24, 2.45) is 17.8 Å². The van der Waals surface area contributed by atoms with E-state index in [9.17, 15) is 19.5 Å². The molecule has 0 saturated carbocycles. The maximum atomic E-state index is 13.3. The van der Waals surface area contributed by atoms with E-state index in [0.29, 0.717) is 18.9 Å². The molecule has 0 aliphatic heterocycles. The highest BCUT2D eigenvalue weighted by molar-refractivity contribution is 5.83. The maximum Gasteiger partial charge on any atom is 0.326 e. The zero-order valence-electron chi connectivity index (χ0n) is 22.8. The largest absolute Gasteiger partial charge is 0.480 e. The van der Waals surface area contributed by atoms with Gasteiger partial charge in [0.1, 0.15) is 6.04 Å². The molecule has 0 heterocycles. The highest BCUT2D eigenvalue weighted by Gasteiger charge is 2.29. The molecule has 7 nitrogen and oxygen atoms in total. The van der Waals surface area contributed by atoms with Crippen LogP contribution in [0.4, 0.5) is 4.79 Å². The number of carbonyl (C=O) groups excluding carboxylic acids is 2. The summed E-state index contributed by atoms with van der Waals surface area (Å²) in [5, 5.41) is 12.6. The van der Waals surface area contributed by atoms with Crippen molar-refractivity contribution in [1.29, 1.82) is 0 Å². The van der Waals surface area contributed by atoms with Crippen molar-refractivity contribution < 1.29 is 24.2 Å². The lowest BCUT2D eigenvalue weighted by molar-refractivity contribution is -0.149. The number of aliphatic carboxylic acids is 1. The number of rotatable bonds is 14. The van der Waals surface area contributed by atoms with Crippen molar-refractivity contribution in [3.8, 4) is 11.1 Å². The minimum atomic E-state index is -1.10. The summed E-state index contributed by atoms with van der Waals surface area (Å²) in [6.45, 7) is 10.8. The third-order valence-electron chi connectivity index (χ3n) is 6.12. The molecule has 0 unspecified atom stereocenters. The van der Waals surface area contributed by atoms with Gasteiger partial charge in [0, 0.05) is 19.5 Å². The van der Waals surface area contributed by atoms with E-state index in [4.69, 9.17) is 4.74 Å². The van der Waals surface area contributed by atoms with E-state index in [1.807, 2.05) is 68.4 Å². The van der Waals surface area contributed by atoms with Crippen molar-refractivity contribution >= 4 is 18.0 Å². The smallest absolute Gasteiger partial charge is 0.326 e. The Balaban J connectivity index is 2.14. The lowest BCUT2D eigenvalue weighted by Crippen LogP contribution is -2.51. The SMILES string of the molecule is CCOC(=O)[C@@H](CCC(C)C)CN(CC(C)C)C(=O)N[C@@H](Cc1ccc(-c2ccccc2)cc1)C(=O)O. The van der Waals surface area contributed by atoms with Gasteiger partial charge in [0.05, 0.1) is 12.5 Å². The van der Waals surface area contributed by atoms with Crippen molar-refractivity contribution in [3.63, 3.8) is 0 Å². The van der Waals surface area contributed by atoms with Gasteiger partial charge in [-0.25, -0.2) is 9.59 Å². The summed E-state index contributed by atoms with van der Waals surface area (Å²) >= 11 is 0.